The minimum atomic E-state index is -1.13. The van der Waals surface area contributed by atoms with Crippen molar-refractivity contribution in [1.29, 1.82) is 0 Å². The number of hydrogen-bond donors (Lipinski definition) is 1. The maximum absolute atomic E-state index is 10.6. The summed E-state index contributed by atoms with van der Waals surface area (Å²) in [6.07, 6.45) is 3.64. The molecule has 0 radical (unpaired) electrons. The van der Waals surface area contributed by atoms with Crippen molar-refractivity contribution in [2.75, 3.05) is 7.11 Å². The summed E-state index contributed by atoms with van der Waals surface area (Å²) in [7, 11) is 0.567. The third-order valence-corrected chi connectivity index (χ3v) is 5.14. The molecule has 138 valence electrons. The molecule has 1 aromatic carbocycles. The van der Waals surface area contributed by atoms with Gasteiger partial charge in [0.25, 0.3) is 0 Å². The number of benzene rings is 1. The van der Waals surface area contributed by atoms with Crippen LogP contribution in [0.15, 0.2) is 12.1 Å². The van der Waals surface area contributed by atoms with Gasteiger partial charge >= 0.3 is 0 Å². The van der Waals surface area contributed by atoms with E-state index in [4.69, 9.17) is 9.16 Å². The molecule has 0 aliphatic carbocycles. The van der Waals surface area contributed by atoms with Gasteiger partial charge in [-0.3, -0.25) is 0 Å². The summed E-state index contributed by atoms with van der Waals surface area (Å²) < 4.78 is 11.8. The molecule has 0 aromatic heterocycles. The van der Waals surface area contributed by atoms with Gasteiger partial charge in [0.2, 0.25) is 0 Å². The summed E-state index contributed by atoms with van der Waals surface area (Å²) in [5, 5.41) is 10.6. The Morgan fingerprint density at radius 2 is 1.83 bits per heavy atom. The zero-order valence-electron chi connectivity index (χ0n) is 16.6. The lowest BCUT2D eigenvalue weighted by Crippen LogP contribution is -2.18. The minimum Gasteiger partial charge on any atom is -0.496 e. The second-order valence-electron chi connectivity index (χ2n) is 7.84. The van der Waals surface area contributed by atoms with Crippen LogP contribution in [-0.4, -0.2) is 21.3 Å². The van der Waals surface area contributed by atoms with Crippen molar-refractivity contribution >= 4 is 9.04 Å². The Morgan fingerprint density at radius 1 is 1.17 bits per heavy atom. The van der Waals surface area contributed by atoms with Crippen molar-refractivity contribution in [3.05, 3.63) is 28.8 Å². The van der Waals surface area contributed by atoms with Gasteiger partial charge < -0.3 is 14.3 Å². The summed E-state index contributed by atoms with van der Waals surface area (Å²) >= 11 is 0. The Hall–Kier alpha value is -0.843. The summed E-state index contributed by atoms with van der Waals surface area (Å²) in [5.74, 6) is 0.807. The van der Waals surface area contributed by atoms with Crippen molar-refractivity contribution in [3.8, 4) is 5.75 Å². The molecule has 24 heavy (non-hydrogen) atoms. The van der Waals surface area contributed by atoms with Crippen LogP contribution in [0.25, 0.3) is 0 Å². The van der Waals surface area contributed by atoms with Crippen molar-refractivity contribution in [2.24, 2.45) is 0 Å². The van der Waals surface area contributed by atoms with Crippen LogP contribution < -0.4 is 4.74 Å². The third kappa shape index (κ3) is 5.90. The average molecular weight is 353 g/mol. The van der Waals surface area contributed by atoms with Gasteiger partial charge in [-0.1, -0.05) is 59.1 Å². The first-order chi connectivity index (χ1) is 11.2. The summed E-state index contributed by atoms with van der Waals surface area (Å²) in [6.45, 7) is 13.7. The van der Waals surface area contributed by atoms with E-state index in [1.54, 1.807) is 7.11 Å². The smallest absolute Gasteiger partial charge is 0.171 e. The molecule has 0 fully saturated rings. The molecule has 1 N–H and O–H groups in total. The van der Waals surface area contributed by atoms with Gasteiger partial charge in [-0.2, -0.15) is 0 Å². The topological polar surface area (TPSA) is 38.7 Å². The standard InChI is InChI=1S/C20H36O3Si/c1-8-9-10-11-18(21)15-12-13-17(20(2,3)4)16(19(15)22-5)14-23-24(6)7/h12-13,18,21,24H,8-11,14H2,1-7H3. The first-order valence-electron chi connectivity index (χ1n) is 9.22. The molecule has 0 aliphatic heterocycles. The van der Waals surface area contributed by atoms with E-state index in [0.29, 0.717) is 6.61 Å². The largest absolute Gasteiger partial charge is 0.496 e. The minimum absolute atomic E-state index is 0.0101. The monoisotopic (exact) mass is 352 g/mol. The van der Waals surface area contributed by atoms with Crippen LogP contribution in [0.3, 0.4) is 0 Å². The zero-order chi connectivity index (χ0) is 18.3. The van der Waals surface area contributed by atoms with Gasteiger partial charge in [0.05, 0.1) is 19.8 Å². The second-order valence-corrected chi connectivity index (χ2v) is 10.3. The highest BCUT2D eigenvalue weighted by Gasteiger charge is 2.25. The van der Waals surface area contributed by atoms with Gasteiger partial charge in [-0.15, -0.1) is 0 Å². The molecule has 0 saturated carbocycles. The molecule has 1 rings (SSSR count). The quantitative estimate of drug-likeness (QED) is 0.496. The maximum Gasteiger partial charge on any atom is 0.171 e. The molecular formula is C20H36O3Si. The predicted octanol–water partition coefficient (Wildman–Crippen LogP) is 5.11. The molecule has 3 nitrogen and oxygen atoms in total. The lowest BCUT2D eigenvalue weighted by Gasteiger charge is -2.27. The van der Waals surface area contributed by atoms with Gasteiger partial charge in [0.15, 0.2) is 9.04 Å². The summed E-state index contributed by atoms with van der Waals surface area (Å²) in [4.78, 5) is 0. The normalized spacial score (nSPS) is 13.4. The summed E-state index contributed by atoms with van der Waals surface area (Å²) in [5.41, 5.74) is 3.23. The molecular weight excluding hydrogens is 316 g/mol. The fourth-order valence-electron chi connectivity index (χ4n) is 2.99. The van der Waals surface area contributed by atoms with Crippen LogP contribution >= 0.6 is 0 Å². The molecule has 0 amide bonds. The zero-order valence-corrected chi connectivity index (χ0v) is 17.8. The molecule has 4 heteroatoms. The molecule has 0 bridgehead atoms. The van der Waals surface area contributed by atoms with Gasteiger partial charge in [0, 0.05) is 11.1 Å². The van der Waals surface area contributed by atoms with E-state index in [1.165, 1.54) is 5.56 Å². The van der Waals surface area contributed by atoms with E-state index in [2.05, 4.69) is 46.9 Å². The Morgan fingerprint density at radius 3 is 2.33 bits per heavy atom. The van der Waals surface area contributed by atoms with Crippen molar-refractivity contribution in [2.45, 2.75) is 84.6 Å². The molecule has 0 saturated heterocycles. The van der Waals surface area contributed by atoms with Crippen LogP contribution in [0.5, 0.6) is 5.75 Å². The van der Waals surface area contributed by atoms with E-state index in [9.17, 15) is 5.11 Å². The van der Waals surface area contributed by atoms with Gasteiger partial charge in [-0.25, -0.2) is 0 Å². The predicted molar refractivity (Wildman–Crippen MR) is 104 cm³/mol. The highest BCUT2D eigenvalue weighted by molar-refractivity contribution is 6.48. The van der Waals surface area contributed by atoms with E-state index < -0.39 is 15.1 Å². The van der Waals surface area contributed by atoms with E-state index in [-0.39, 0.29) is 5.41 Å². The summed E-state index contributed by atoms with van der Waals surface area (Å²) in [6, 6.07) is 4.17. The van der Waals surface area contributed by atoms with Gasteiger partial charge in [0.1, 0.15) is 5.75 Å². The Bertz CT molecular complexity index is 506. The molecule has 0 spiro atoms. The third-order valence-electron chi connectivity index (χ3n) is 4.30. The molecule has 1 aromatic rings. The van der Waals surface area contributed by atoms with Crippen LogP contribution in [0, 0.1) is 0 Å². The van der Waals surface area contributed by atoms with E-state index >= 15 is 0 Å². The number of aliphatic hydroxyl groups excluding tert-OH is 1. The van der Waals surface area contributed by atoms with Crippen molar-refractivity contribution in [3.63, 3.8) is 0 Å². The lowest BCUT2D eigenvalue weighted by atomic mass is 9.82. The highest BCUT2D eigenvalue weighted by atomic mass is 28.3. The SMILES string of the molecule is CCCCCC(O)c1ccc(C(C)(C)C)c(CO[SiH](C)C)c1OC. The first kappa shape index (κ1) is 21.2. The fraction of sp³-hybridized carbons (Fsp3) is 0.700. The fourth-order valence-corrected chi connectivity index (χ4v) is 3.49. The lowest BCUT2D eigenvalue weighted by molar-refractivity contribution is 0.159. The highest BCUT2D eigenvalue weighted by Crippen LogP contribution is 2.38. The van der Waals surface area contributed by atoms with E-state index in [1.807, 2.05) is 6.07 Å². The maximum atomic E-state index is 10.6. The molecule has 1 atom stereocenters. The first-order valence-corrected chi connectivity index (χ1v) is 12.0. The number of aliphatic hydroxyl groups is 1. The molecule has 0 aliphatic rings. The van der Waals surface area contributed by atoms with Crippen LogP contribution in [0.4, 0.5) is 0 Å². The number of unbranched alkanes of at least 4 members (excludes halogenated alkanes) is 2. The average Bonchev–Trinajstić information content (AvgIpc) is 2.50. The van der Waals surface area contributed by atoms with Crippen LogP contribution in [0.1, 0.15) is 76.2 Å². The number of ether oxygens (including phenoxy) is 1. The second kappa shape index (κ2) is 9.59. The number of hydrogen-bond acceptors (Lipinski definition) is 3. The van der Waals surface area contributed by atoms with Crippen LogP contribution in [0.2, 0.25) is 13.1 Å². The number of methoxy groups -OCH3 is 1. The molecule has 0 heterocycles. The van der Waals surface area contributed by atoms with Gasteiger partial charge in [-0.05, 0) is 30.5 Å². The number of rotatable bonds is 9. The van der Waals surface area contributed by atoms with Crippen LogP contribution in [-0.2, 0) is 16.4 Å². The van der Waals surface area contributed by atoms with Crippen molar-refractivity contribution < 1.29 is 14.3 Å². The Kier molecular flexibility index (Phi) is 8.47. The van der Waals surface area contributed by atoms with Crippen molar-refractivity contribution in [1.82, 2.24) is 0 Å². The Balaban J connectivity index is 3.24. The Labute approximate surface area is 150 Å². The molecule has 1 unspecified atom stereocenters. The van der Waals surface area contributed by atoms with E-state index in [0.717, 1.165) is 42.6 Å².